The van der Waals surface area contributed by atoms with Gasteiger partial charge in [-0.3, -0.25) is 4.68 Å². The van der Waals surface area contributed by atoms with Gasteiger partial charge in [0.2, 0.25) is 0 Å². The third-order valence-electron chi connectivity index (χ3n) is 1.92. The van der Waals surface area contributed by atoms with E-state index in [-0.39, 0.29) is 5.54 Å². The van der Waals surface area contributed by atoms with Crippen LogP contribution < -0.4 is 0 Å². The molecule has 0 spiro atoms. The fourth-order valence-corrected chi connectivity index (χ4v) is 1.18. The zero-order valence-corrected chi connectivity index (χ0v) is 6.54. The van der Waals surface area contributed by atoms with Gasteiger partial charge < -0.3 is 0 Å². The molecule has 1 heterocycles. The molecule has 1 fully saturated rings. The number of aromatic nitrogens is 2. The first kappa shape index (κ1) is 6.68. The van der Waals surface area contributed by atoms with Crippen LogP contribution in [0.2, 0.25) is 5.02 Å². The van der Waals surface area contributed by atoms with Gasteiger partial charge in [-0.2, -0.15) is 10.4 Å². The van der Waals surface area contributed by atoms with Crippen molar-refractivity contribution in [3.05, 3.63) is 17.4 Å². The Balaban J connectivity index is 2.38. The molecule has 4 heteroatoms. The van der Waals surface area contributed by atoms with E-state index < -0.39 is 0 Å². The van der Waals surface area contributed by atoms with Gasteiger partial charge >= 0.3 is 0 Å². The van der Waals surface area contributed by atoms with E-state index in [2.05, 4.69) is 11.2 Å². The summed E-state index contributed by atoms with van der Waals surface area (Å²) in [6.07, 6.45) is 5.03. The third kappa shape index (κ3) is 0.908. The first-order valence-corrected chi connectivity index (χ1v) is 3.77. The summed E-state index contributed by atoms with van der Waals surface area (Å²) in [6, 6.07) is 2.22. The van der Waals surface area contributed by atoms with E-state index in [0.29, 0.717) is 5.02 Å². The maximum Gasteiger partial charge on any atom is 0.149 e. The van der Waals surface area contributed by atoms with Gasteiger partial charge in [0.25, 0.3) is 0 Å². The number of hydrogen-bond acceptors (Lipinski definition) is 2. The molecule has 1 aromatic heterocycles. The molecule has 56 valence electrons. The molecule has 3 nitrogen and oxygen atoms in total. The second kappa shape index (κ2) is 1.99. The summed E-state index contributed by atoms with van der Waals surface area (Å²) in [5.74, 6) is 0. The number of hydrogen-bond donors (Lipinski definition) is 0. The molecule has 2 rings (SSSR count). The smallest absolute Gasteiger partial charge is 0.149 e. The van der Waals surface area contributed by atoms with Gasteiger partial charge in [-0.25, -0.2) is 0 Å². The fraction of sp³-hybridized carbons (Fsp3) is 0.429. The summed E-state index contributed by atoms with van der Waals surface area (Å²) in [5.41, 5.74) is -0.368. The highest BCUT2D eigenvalue weighted by atomic mass is 35.5. The Morgan fingerprint density at radius 3 is 2.82 bits per heavy atom. The first-order valence-electron chi connectivity index (χ1n) is 3.39. The van der Waals surface area contributed by atoms with Gasteiger partial charge in [-0.05, 0) is 12.8 Å². The zero-order chi connectivity index (χ0) is 7.90. The first-order chi connectivity index (χ1) is 5.27. The van der Waals surface area contributed by atoms with Crippen molar-refractivity contribution in [3.63, 3.8) is 0 Å². The predicted octanol–water partition coefficient (Wildman–Crippen LogP) is 1.55. The second-order valence-electron chi connectivity index (χ2n) is 2.75. The minimum atomic E-state index is -0.368. The Hall–Kier alpha value is -1.01. The van der Waals surface area contributed by atoms with Crippen molar-refractivity contribution in [1.82, 2.24) is 9.78 Å². The van der Waals surface area contributed by atoms with E-state index in [4.69, 9.17) is 16.9 Å². The third-order valence-corrected chi connectivity index (χ3v) is 2.12. The molecule has 0 N–H and O–H groups in total. The SMILES string of the molecule is N#CC1(n2cc(Cl)cn2)CC1. The maximum atomic E-state index is 8.77. The summed E-state index contributed by atoms with van der Waals surface area (Å²) in [6.45, 7) is 0. The van der Waals surface area contributed by atoms with Crippen LogP contribution in [0.15, 0.2) is 12.4 Å². The van der Waals surface area contributed by atoms with Crippen molar-refractivity contribution in [1.29, 1.82) is 5.26 Å². The topological polar surface area (TPSA) is 41.6 Å². The molecule has 0 aromatic carbocycles. The molecule has 11 heavy (non-hydrogen) atoms. The molecule has 0 radical (unpaired) electrons. The fourth-order valence-electron chi connectivity index (χ4n) is 1.05. The maximum absolute atomic E-state index is 8.77. The standard InChI is InChI=1S/C7H6ClN3/c8-6-3-10-11(4-6)7(5-9)1-2-7/h3-4H,1-2H2. The van der Waals surface area contributed by atoms with Gasteiger partial charge in [0, 0.05) is 6.20 Å². The predicted molar refractivity (Wildman–Crippen MR) is 40.1 cm³/mol. The van der Waals surface area contributed by atoms with E-state index >= 15 is 0 Å². The van der Waals surface area contributed by atoms with Gasteiger partial charge in [0.05, 0.1) is 17.3 Å². The lowest BCUT2D eigenvalue weighted by Crippen LogP contribution is -2.14. The van der Waals surface area contributed by atoms with Crippen LogP contribution in [-0.2, 0) is 5.54 Å². The highest BCUT2D eigenvalue weighted by molar-refractivity contribution is 6.30. The minimum absolute atomic E-state index is 0.368. The normalized spacial score (nSPS) is 19.3. The number of halogens is 1. The molecule has 0 atom stereocenters. The molecule has 1 aliphatic carbocycles. The highest BCUT2D eigenvalue weighted by Crippen LogP contribution is 2.42. The zero-order valence-electron chi connectivity index (χ0n) is 5.79. The molecule has 1 aliphatic rings. The van der Waals surface area contributed by atoms with Gasteiger partial charge in [0.1, 0.15) is 5.54 Å². The quantitative estimate of drug-likeness (QED) is 0.637. The second-order valence-corrected chi connectivity index (χ2v) is 3.18. The van der Waals surface area contributed by atoms with Crippen molar-refractivity contribution < 1.29 is 0 Å². The summed E-state index contributed by atoms with van der Waals surface area (Å²) < 4.78 is 1.65. The van der Waals surface area contributed by atoms with Gasteiger partial charge in [-0.1, -0.05) is 11.6 Å². The molecular weight excluding hydrogens is 162 g/mol. The van der Waals surface area contributed by atoms with Gasteiger partial charge in [-0.15, -0.1) is 0 Å². The van der Waals surface area contributed by atoms with Crippen LogP contribution in [0.25, 0.3) is 0 Å². The lowest BCUT2D eigenvalue weighted by molar-refractivity contribution is 0.536. The van der Waals surface area contributed by atoms with Crippen LogP contribution in [0.1, 0.15) is 12.8 Å². The van der Waals surface area contributed by atoms with Crippen molar-refractivity contribution in [3.8, 4) is 6.07 Å². The van der Waals surface area contributed by atoms with E-state index in [1.54, 1.807) is 17.1 Å². The van der Waals surface area contributed by atoms with Crippen LogP contribution in [0.3, 0.4) is 0 Å². The lowest BCUT2D eigenvalue weighted by Gasteiger charge is -2.03. The van der Waals surface area contributed by atoms with Crippen LogP contribution in [0.5, 0.6) is 0 Å². The molecule has 0 saturated heterocycles. The average Bonchev–Trinajstić information content (AvgIpc) is 2.70. The Morgan fingerprint density at radius 2 is 2.45 bits per heavy atom. The summed E-state index contributed by atoms with van der Waals surface area (Å²) in [5, 5.41) is 13.3. The van der Waals surface area contributed by atoms with Crippen LogP contribution in [0.4, 0.5) is 0 Å². The van der Waals surface area contributed by atoms with Crippen LogP contribution in [0, 0.1) is 11.3 Å². The number of nitrogens with zero attached hydrogens (tertiary/aromatic N) is 3. The van der Waals surface area contributed by atoms with Crippen LogP contribution in [-0.4, -0.2) is 9.78 Å². The van der Waals surface area contributed by atoms with Crippen molar-refractivity contribution in [2.45, 2.75) is 18.4 Å². The summed E-state index contributed by atoms with van der Waals surface area (Å²) in [7, 11) is 0. The molecule has 0 amide bonds. The Labute approximate surface area is 69.2 Å². The summed E-state index contributed by atoms with van der Waals surface area (Å²) >= 11 is 5.66. The molecule has 0 bridgehead atoms. The van der Waals surface area contributed by atoms with E-state index in [9.17, 15) is 0 Å². The largest absolute Gasteiger partial charge is 0.251 e. The average molecular weight is 168 g/mol. The van der Waals surface area contributed by atoms with Crippen LogP contribution >= 0.6 is 11.6 Å². The van der Waals surface area contributed by atoms with E-state index in [1.165, 1.54) is 0 Å². The molecule has 1 aromatic rings. The molecule has 0 unspecified atom stereocenters. The van der Waals surface area contributed by atoms with Crippen molar-refractivity contribution in [2.24, 2.45) is 0 Å². The van der Waals surface area contributed by atoms with Gasteiger partial charge in [0.15, 0.2) is 0 Å². The highest BCUT2D eigenvalue weighted by Gasteiger charge is 2.46. The molecule has 0 aliphatic heterocycles. The lowest BCUT2D eigenvalue weighted by atomic mass is 10.3. The van der Waals surface area contributed by atoms with Crippen molar-refractivity contribution in [2.75, 3.05) is 0 Å². The Morgan fingerprint density at radius 1 is 1.73 bits per heavy atom. The minimum Gasteiger partial charge on any atom is -0.251 e. The van der Waals surface area contributed by atoms with E-state index in [0.717, 1.165) is 12.8 Å². The number of nitriles is 1. The Bertz CT molecular complexity index is 319. The molecule has 1 saturated carbocycles. The van der Waals surface area contributed by atoms with Crippen molar-refractivity contribution >= 4 is 11.6 Å². The monoisotopic (exact) mass is 167 g/mol. The number of rotatable bonds is 1. The summed E-state index contributed by atoms with van der Waals surface area (Å²) in [4.78, 5) is 0. The Kier molecular flexibility index (Phi) is 1.21. The van der Waals surface area contributed by atoms with E-state index in [1.807, 2.05) is 0 Å². The molecular formula is C7H6ClN3.